The van der Waals surface area contributed by atoms with Crippen LogP contribution in [0.5, 0.6) is 0 Å². The molecule has 0 spiro atoms. The van der Waals surface area contributed by atoms with E-state index in [1.807, 2.05) is 24.3 Å². The molecule has 1 heterocycles. The van der Waals surface area contributed by atoms with Gasteiger partial charge in [-0.05, 0) is 36.6 Å². The van der Waals surface area contributed by atoms with Gasteiger partial charge < -0.3 is 9.73 Å². The summed E-state index contributed by atoms with van der Waals surface area (Å²) in [7, 11) is 0. The molecule has 0 aliphatic carbocycles. The lowest BCUT2D eigenvalue weighted by Crippen LogP contribution is -2.11. The Bertz CT molecular complexity index is 516. The van der Waals surface area contributed by atoms with Gasteiger partial charge >= 0.3 is 0 Å². The van der Waals surface area contributed by atoms with Gasteiger partial charge in [-0.25, -0.2) is 4.98 Å². The van der Waals surface area contributed by atoms with Crippen molar-refractivity contribution in [1.82, 2.24) is 4.98 Å². The van der Waals surface area contributed by atoms with E-state index < -0.39 is 0 Å². The SMILES string of the molecule is CC(C)CCC(=O)Nc1ccc(-c2cnco2)cc1. The number of carbonyl (C=O) groups excluding carboxylic acids is 1. The number of oxazole rings is 1. The van der Waals surface area contributed by atoms with E-state index in [1.54, 1.807) is 6.20 Å². The molecule has 4 heteroatoms. The number of anilines is 1. The molecular formula is C15H18N2O2. The Balaban J connectivity index is 1.94. The van der Waals surface area contributed by atoms with Gasteiger partial charge in [-0.3, -0.25) is 4.79 Å². The van der Waals surface area contributed by atoms with Crippen molar-refractivity contribution in [3.8, 4) is 11.3 Å². The number of rotatable bonds is 5. The van der Waals surface area contributed by atoms with Gasteiger partial charge in [-0.1, -0.05) is 13.8 Å². The smallest absolute Gasteiger partial charge is 0.224 e. The lowest BCUT2D eigenvalue weighted by molar-refractivity contribution is -0.116. The molecule has 0 aliphatic rings. The van der Waals surface area contributed by atoms with Gasteiger partial charge in [0.1, 0.15) is 0 Å². The number of hydrogen-bond acceptors (Lipinski definition) is 3. The first-order chi connectivity index (χ1) is 9.15. The fourth-order valence-electron chi connectivity index (χ4n) is 1.72. The summed E-state index contributed by atoms with van der Waals surface area (Å²) >= 11 is 0. The summed E-state index contributed by atoms with van der Waals surface area (Å²) in [4.78, 5) is 15.6. The van der Waals surface area contributed by atoms with Crippen molar-refractivity contribution < 1.29 is 9.21 Å². The number of nitrogens with one attached hydrogen (secondary N) is 1. The largest absolute Gasteiger partial charge is 0.444 e. The lowest BCUT2D eigenvalue weighted by Gasteiger charge is -2.07. The highest BCUT2D eigenvalue weighted by Crippen LogP contribution is 2.20. The number of carbonyl (C=O) groups is 1. The molecule has 19 heavy (non-hydrogen) atoms. The highest BCUT2D eigenvalue weighted by Gasteiger charge is 2.05. The van der Waals surface area contributed by atoms with Crippen molar-refractivity contribution in [3.05, 3.63) is 36.9 Å². The molecule has 4 nitrogen and oxygen atoms in total. The average molecular weight is 258 g/mol. The van der Waals surface area contributed by atoms with Gasteiger partial charge in [0.05, 0.1) is 6.20 Å². The Morgan fingerprint density at radius 3 is 2.63 bits per heavy atom. The predicted octanol–water partition coefficient (Wildman–Crippen LogP) is 3.72. The number of nitrogens with zero attached hydrogens (tertiary/aromatic N) is 1. The molecule has 100 valence electrons. The lowest BCUT2D eigenvalue weighted by atomic mass is 10.1. The van der Waals surface area contributed by atoms with Crippen molar-refractivity contribution in [3.63, 3.8) is 0 Å². The summed E-state index contributed by atoms with van der Waals surface area (Å²) in [5.74, 6) is 1.32. The highest BCUT2D eigenvalue weighted by atomic mass is 16.3. The first-order valence-electron chi connectivity index (χ1n) is 6.44. The van der Waals surface area contributed by atoms with E-state index in [2.05, 4.69) is 24.1 Å². The van der Waals surface area contributed by atoms with Crippen molar-refractivity contribution >= 4 is 11.6 Å². The van der Waals surface area contributed by atoms with Crippen LogP contribution in [0.15, 0.2) is 41.3 Å². The summed E-state index contributed by atoms with van der Waals surface area (Å²) in [6, 6.07) is 7.54. The van der Waals surface area contributed by atoms with Crippen LogP contribution in [0.25, 0.3) is 11.3 Å². The topological polar surface area (TPSA) is 55.1 Å². The third-order valence-corrected chi connectivity index (χ3v) is 2.83. The molecule has 1 N–H and O–H groups in total. The first-order valence-corrected chi connectivity index (χ1v) is 6.44. The van der Waals surface area contributed by atoms with Crippen LogP contribution in [-0.2, 0) is 4.79 Å². The molecule has 0 atom stereocenters. The second kappa shape index (κ2) is 6.18. The normalized spacial score (nSPS) is 10.7. The number of hydrogen-bond donors (Lipinski definition) is 1. The van der Waals surface area contributed by atoms with Gasteiger partial charge in [0.2, 0.25) is 5.91 Å². The Morgan fingerprint density at radius 2 is 2.05 bits per heavy atom. The van der Waals surface area contributed by atoms with Crippen molar-refractivity contribution in [1.29, 1.82) is 0 Å². The summed E-state index contributed by atoms with van der Waals surface area (Å²) in [5.41, 5.74) is 1.75. The van der Waals surface area contributed by atoms with Crippen molar-refractivity contribution in [2.45, 2.75) is 26.7 Å². The Hall–Kier alpha value is -2.10. The Kier molecular flexibility index (Phi) is 4.34. The predicted molar refractivity (Wildman–Crippen MR) is 74.6 cm³/mol. The average Bonchev–Trinajstić information content (AvgIpc) is 2.91. The standard InChI is InChI=1S/C15H18N2O2/c1-11(2)3-8-15(18)17-13-6-4-12(5-7-13)14-9-16-10-19-14/h4-7,9-11H,3,8H2,1-2H3,(H,17,18). The Morgan fingerprint density at radius 1 is 1.32 bits per heavy atom. The van der Waals surface area contributed by atoms with Gasteiger partial charge in [-0.15, -0.1) is 0 Å². The first kappa shape index (κ1) is 13.3. The molecule has 0 bridgehead atoms. The van der Waals surface area contributed by atoms with Crippen LogP contribution < -0.4 is 5.32 Å². The van der Waals surface area contributed by atoms with Crippen LogP contribution in [-0.4, -0.2) is 10.9 Å². The minimum Gasteiger partial charge on any atom is -0.444 e. The van der Waals surface area contributed by atoms with E-state index in [-0.39, 0.29) is 5.91 Å². The molecule has 1 amide bonds. The zero-order chi connectivity index (χ0) is 13.7. The summed E-state index contributed by atoms with van der Waals surface area (Å²) in [6.45, 7) is 4.22. The summed E-state index contributed by atoms with van der Waals surface area (Å²) in [6.07, 6.45) is 4.52. The number of amides is 1. The van der Waals surface area contributed by atoms with Gasteiger partial charge in [-0.2, -0.15) is 0 Å². The Labute approximate surface area is 112 Å². The second-order valence-electron chi connectivity index (χ2n) is 4.92. The van der Waals surface area contributed by atoms with Crippen LogP contribution in [0.4, 0.5) is 5.69 Å². The zero-order valence-corrected chi connectivity index (χ0v) is 11.2. The quantitative estimate of drug-likeness (QED) is 0.889. The van der Waals surface area contributed by atoms with E-state index >= 15 is 0 Å². The molecule has 0 unspecified atom stereocenters. The van der Waals surface area contributed by atoms with Crippen molar-refractivity contribution in [2.24, 2.45) is 5.92 Å². The highest BCUT2D eigenvalue weighted by molar-refractivity contribution is 5.90. The van der Waals surface area contributed by atoms with Crippen molar-refractivity contribution in [2.75, 3.05) is 5.32 Å². The maximum absolute atomic E-state index is 11.7. The molecule has 2 aromatic rings. The summed E-state index contributed by atoms with van der Waals surface area (Å²) in [5, 5.41) is 2.88. The van der Waals surface area contributed by atoms with Crippen LogP contribution in [0, 0.1) is 5.92 Å². The minimum absolute atomic E-state index is 0.0566. The third kappa shape index (κ3) is 3.95. The van der Waals surface area contributed by atoms with E-state index in [0.717, 1.165) is 23.4 Å². The number of aromatic nitrogens is 1. The van der Waals surface area contributed by atoms with Crippen LogP contribution in [0.2, 0.25) is 0 Å². The molecule has 1 aromatic carbocycles. The van der Waals surface area contributed by atoms with E-state index in [1.165, 1.54) is 6.39 Å². The third-order valence-electron chi connectivity index (χ3n) is 2.83. The molecule has 1 aromatic heterocycles. The van der Waals surface area contributed by atoms with E-state index in [0.29, 0.717) is 12.3 Å². The van der Waals surface area contributed by atoms with Gasteiger partial charge in [0.25, 0.3) is 0 Å². The van der Waals surface area contributed by atoms with E-state index in [9.17, 15) is 4.79 Å². The van der Waals surface area contributed by atoms with Crippen LogP contribution in [0.1, 0.15) is 26.7 Å². The van der Waals surface area contributed by atoms with Gasteiger partial charge in [0.15, 0.2) is 12.2 Å². The fourth-order valence-corrected chi connectivity index (χ4v) is 1.72. The minimum atomic E-state index is 0.0566. The number of benzene rings is 1. The van der Waals surface area contributed by atoms with Crippen LogP contribution >= 0.6 is 0 Å². The fraction of sp³-hybridized carbons (Fsp3) is 0.333. The molecule has 0 radical (unpaired) electrons. The molecule has 0 aliphatic heterocycles. The molecule has 0 saturated carbocycles. The van der Waals surface area contributed by atoms with E-state index in [4.69, 9.17) is 4.42 Å². The maximum atomic E-state index is 11.7. The maximum Gasteiger partial charge on any atom is 0.224 e. The molecular weight excluding hydrogens is 240 g/mol. The molecule has 2 rings (SSSR count). The van der Waals surface area contributed by atoms with Crippen LogP contribution in [0.3, 0.4) is 0 Å². The molecule has 0 saturated heterocycles. The van der Waals surface area contributed by atoms with Gasteiger partial charge in [0, 0.05) is 17.7 Å². The monoisotopic (exact) mass is 258 g/mol. The zero-order valence-electron chi connectivity index (χ0n) is 11.2. The summed E-state index contributed by atoms with van der Waals surface area (Å²) < 4.78 is 5.21. The molecule has 0 fully saturated rings. The second-order valence-corrected chi connectivity index (χ2v) is 4.92.